The highest BCUT2D eigenvalue weighted by molar-refractivity contribution is 5.83. The first-order valence-electron chi connectivity index (χ1n) is 8.04. The molecule has 2 aromatic heterocycles. The van der Waals surface area contributed by atoms with Gasteiger partial charge in [-0.15, -0.1) is 5.10 Å². The van der Waals surface area contributed by atoms with Crippen LogP contribution in [-0.4, -0.2) is 29.5 Å². The van der Waals surface area contributed by atoms with Crippen LogP contribution in [0.5, 0.6) is 0 Å². The third kappa shape index (κ3) is 2.88. The Labute approximate surface area is 151 Å². The molecule has 0 atom stereocenters. The summed E-state index contributed by atoms with van der Waals surface area (Å²) < 4.78 is 16.1. The second-order valence-electron chi connectivity index (χ2n) is 6.12. The van der Waals surface area contributed by atoms with E-state index < -0.39 is 11.2 Å². The van der Waals surface area contributed by atoms with Gasteiger partial charge in [0.05, 0.1) is 23.6 Å². The SMILES string of the molecule is Cn1c(=O)n(O)c(=O)c2cc(-c3cn(Cc4cccc(F)c4)nn3)ccc21. The van der Waals surface area contributed by atoms with Gasteiger partial charge >= 0.3 is 5.69 Å². The van der Waals surface area contributed by atoms with Crippen molar-refractivity contribution in [1.82, 2.24) is 24.3 Å². The lowest BCUT2D eigenvalue weighted by atomic mass is 10.1. The van der Waals surface area contributed by atoms with Crippen molar-refractivity contribution in [2.45, 2.75) is 6.54 Å². The van der Waals surface area contributed by atoms with Crippen LogP contribution < -0.4 is 11.2 Å². The summed E-state index contributed by atoms with van der Waals surface area (Å²) in [5.74, 6) is -0.326. The van der Waals surface area contributed by atoms with E-state index in [1.807, 2.05) is 0 Å². The van der Waals surface area contributed by atoms with Gasteiger partial charge in [0, 0.05) is 12.6 Å². The summed E-state index contributed by atoms with van der Waals surface area (Å²) in [6.45, 7) is 0.344. The summed E-state index contributed by atoms with van der Waals surface area (Å²) in [5, 5.41) is 17.9. The third-order valence-electron chi connectivity index (χ3n) is 4.32. The first-order chi connectivity index (χ1) is 12.9. The summed E-state index contributed by atoms with van der Waals surface area (Å²) in [6, 6.07) is 11.0. The van der Waals surface area contributed by atoms with Gasteiger partial charge in [-0.05, 0) is 29.8 Å². The van der Waals surface area contributed by atoms with Gasteiger partial charge in [0.25, 0.3) is 5.56 Å². The van der Waals surface area contributed by atoms with Crippen LogP contribution in [0.1, 0.15) is 5.56 Å². The molecule has 1 N–H and O–H groups in total. The van der Waals surface area contributed by atoms with Gasteiger partial charge in [0.1, 0.15) is 11.5 Å². The maximum atomic E-state index is 13.3. The van der Waals surface area contributed by atoms with Crippen molar-refractivity contribution < 1.29 is 9.60 Å². The van der Waals surface area contributed by atoms with Crippen LogP contribution in [0.25, 0.3) is 22.2 Å². The van der Waals surface area contributed by atoms with Gasteiger partial charge < -0.3 is 5.21 Å². The Morgan fingerprint density at radius 2 is 1.96 bits per heavy atom. The van der Waals surface area contributed by atoms with E-state index in [4.69, 9.17) is 0 Å². The van der Waals surface area contributed by atoms with Crippen LogP contribution in [-0.2, 0) is 13.6 Å². The Hall–Kier alpha value is -3.75. The molecule has 0 unspecified atom stereocenters. The molecule has 4 aromatic rings. The smallest absolute Gasteiger partial charge is 0.364 e. The molecule has 0 bridgehead atoms. The minimum absolute atomic E-state index is 0.0763. The fraction of sp³-hybridized carbons (Fsp3) is 0.111. The molecule has 9 heteroatoms. The number of nitrogens with zero attached hydrogens (tertiary/aromatic N) is 5. The Bertz CT molecular complexity index is 1290. The first kappa shape index (κ1) is 16.7. The minimum atomic E-state index is -0.818. The van der Waals surface area contributed by atoms with E-state index in [0.717, 1.165) is 5.56 Å². The summed E-state index contributed by atoms with van der Waals surface area (Å²) in [5.41, 5.74) is 0.618. The van der Waals surface area contributed by atoms with Gasteiger partial charge in [0.15, 0.2) is 0 Å². The van der Waals surface area contributed by atoms with E-state index in [1.54, 1.807) is 41.2 Å². The highest BCUT2D eigenvalue weighted by atomic mass is 19.1. The lowest BCUT2D eigenvalue weighted by molar-refractivity contribution is 0.158. The molecule has 0 amide bonds. The molecule has 0 aliphatic rings. The number of fused-ring (bicyclic) bond motifs is 1. The Morgan fingerprint density at radius 1 is 1.15 bits per heavy atom. The lowest BCUT2D eigenvalue weighted by Crippen LogP contribution is -2.37. The monoisotopic (exact) mass is 367 g/mol. The van der Waals surface area contributed by atoms with Gasteiger partial charge in [-0.3, -0.25) is 9.36 Å². The lowest BCUT2D eigenvalue weighted by Gasteiger charge is -2.07. The fourth-order valence-electron chi connectivity index (χ4n) is 2.94. The van der Waals surface area contributed by atoms with Crippen molar-refractivity contribution >= 4 is 10.9 Å². The van der Waals surface area contributed by atoms with E-state index in [0.29, 0.717) is 23.3 Å². The average Bonchev–Trinajstić information content (AvgIpc) is 3.12. The average molecular weight is 367 g/mol. The second kappa shape index (κ2) is 6.20. The number of halogens is 1. The van der Waals surface area contributed by atoms with Crippen molar-refractivity contribution in [3.63, 3.8) is 0 Å². The first-order valence-corrected chi connectivity index (χ1v) is 8.04. The molecule has 0 aliphatic heterocycles. The van der Waals surface area contributed by atoms with Crippen molar-refractivity contribution in [2.75, 3.05) is 0 Å². The number of hydrogen-bond donors (Lipinski definition) is 1. The molecule has 27 heavy (non-hydrogen) atoms. The van der Waals surface area contributed by atoms with Gasteiger partial charge in [-0.25, -0.2) is 13.9 Å². The predicted octanol–water partition coefficient (Wildman–Crippen LogP) is 1.38. The molecule has 0 aliphatic carbocycles. The molecule has 0 fully saturated rings. The van der Waals surface area contributed by atoms with E-state index in [9.17, 15) is 19.2 Å². The van der Waals surface area contributed by atoms with Crippen LogP contribution in [0.2, 0.25) is 0 Å². The van der Waals surface area contributed by atoms with Gasteiger partial charge in [0.2, 0.25) is 0 Å². The third-order valence-corrected chi connectivity index (χ3v) is 4.32. The van der Waals surface area contributed by atoms with Gasteiger partial charge in [-0.2, -0.15) is 0 Å². The van der Waals surface area contributed by atoms with Crippen LogP contribution in [0.4, 0.5) is 4.39 Å². The highest BCUT2D eigenvalue weighted by Crippen LogP contribution is 2.20. The topological polar surface area (TPSA) is 94.9 Å². The summed E-state index contributed by atoms with van der Waals surface area (Å²) >= 11 is 0. The van der Waals surface area contributed by atoms with E-state index >= 15 is 0 Å². The predicted molar refractivity (Wildman–Crippen MR) is 95.2 cm³/mol. The molecule has 4 rings (SSSR count). The van der Waals surface area contributed by atoms with Crippen LogP contribution >= 0.6 is 0 Å². The molecule has 0 saturated carbocycles. The largest absolute Gasteiger partial charge is 0.421 e. The number of rotatable bonds is 3. The van der Waals surface area contributed by atoms with E-state index in [1.165, 1.54) is 23.7 Å². The zero-order valence-corrected chi connectivity index (χ0v) is 14.2. The number of aromatic nitrogens is 5. The van der Waals surface area contributed by atoms with E-state index in [2.05, 4.69) is 10.3 Å². The Morgan fingerprint density at radius 3 is 2.74 bits per heavy atom. The normalized spacial score (nSPS) is 11.2. The molecular formula is C18H14FN5O3. The second-order valence-corrected chi connectivity index (χ2v) is 6.12. The number of benzene rings is 2. The van der Waals surface area contributed by atoms with Crippen LogP contribution in [0.15, 0.2) is 58.3 Å². The molecule has 136 valence electrons. The summed E-state index contributed by atoms with van der Waals surface area (Å²) in [6.07, 6.45) is 1.67. The van der Waals surface area contributed by atoms with Crippen LogP contribution in [0.3, 0.4) is 0 Å². The molecule has 2 aromatic carbocycles. The van der Waals surface area contributed by atoms with Crippen molar-refractivity contribution in [3.05, 3.63) is 80.9 Å². The summed E-state index contributed by atoms with van der Waals surface area (Å²) in [4.78, 5) is 24.0. The van der Waals surface area contributed by atoms with Crippen molar-refractivity contribution in [3.8, 4) is 11.3 Å². The quantitative estimate of drug-likeness (QED) is 0.552. The molecular weight excluding hydrogens is 353 g/mol. The maximum absolute atomic E-state index is 13.3. The molecule has 0 radical (unpaired) electrons. The van der Waals surface area contributed by atoms with Crippen LogP contribution in [0, 0.1) is 5.82 Å². The molecule has 8 nitrogen and oxygen atoms in total. The fourth-order valence-corrected chi connectivity index (χ4v) is 2.94. The standard InChI is InChI=1S/C18H14FN5O3/c1-22-16-6-5-12(8-14(16)17(25)24(27)18(22)26)15-10-23(21-20-15)9-11-3-2-4-13(19)7-11/h2-8,10,27H,9H2,1H3. The Balaban J connectivity index is 1.74. The van der Waals surface area contributed by atoms with Crippen molar-refractivity contribution in [1.29, 1.82) is 0 Å². The Kier molecular flexibility index (Phi) is 3.84. The minimum Gasteiger partial charge on any atom is -0.421 e. The highest BCUT2D eigenvalue weighted by Gasteiger charge is 2.12. The van der Waals surface area contributed by atoms with E-state index in [-0.39, 0.29) is 15.9 Å². The molecule has 0 saturated heterocycles. The molecule has 2 heterocycles. The summed E-state index contributed by atoms with van der Waals surface area (Å²) in [7, 11) is 1.46. The van der Waals surface area contributed by atoms with Gasteiger partial charge in [-0.1, -0.05) is 28.1 Å². The number of hydrogen-bond acceptors (Lipinski definition) is 5. The molecule has 0 spiro atoms. The zero-order chi connectivity index (χ0) is 19.1. The van der Waals surface area contributed by atoms with Crippen molar-refractivity contribution in [2.24, 2.45) is 7.05 Å². The number of aryl methyl sites for hydroxylation is 1. The maximum Gasteiger partial charge on any atom is 0.364 e. The zero-order valence-electron chi connectivity index (χ0n) is 14.2.